The third-order valence-electron chi connectivity index (χ3n) is 1.26. The quantitative estimate of drug-likeness (QED) is 0.470. The van der Waals surface area contributed by atoms with Crippen molar-refractivity contribution in [3.63, 3.8) is 0 Å². The van der Waals surface area contributed by atoms with E-state index in [9.17, 15) is 4.79 Å². The van der Waals surface area contributed by atoms with Gasteiger partial charge in [0, 0.05) is 0 Å². The molecule has 11 N–H and O–H groups in total. The Balaban J connectivity index is -0.0000000490. The largest absolute Gasteiger partial charge is 6.00 e. The summed E-state index contributed by atoms with van der Waals surface area (Å²) in [5, 5.41) is 8.41. The van der Waals surface area contributed by atoms with Gasteiger partial charge in [0.15, 0.2) is 0 Å². The first-order chi connectivity index (χ1) is 6.20. The van der Waals surface area contributed by atoms with Gasteiger partial charge in [0.25, 0.3) is 0 Å². The van der Waals surface area contributed by atoms with Crippen molar-refractivity contribution in [1.29, 1.82) is 0 Å². The fourth-order valence-electron chi connectivity index (χ4n) is 0.678. The van der Waals surface area contributed by atoms with Crippen LogP contribution in [0, 0.1) is 6.65 Å². The summed E-state index contributed by atoms with van der Waals surface area (Å²) in [6.45, 7) is 4.50. The van der Waals surface area contributed by atoms with E-state index in [4.69, 9.17) is 15.5 Å². The average Bonchev–Trinajstić information content (AvgIpc) is 2.60. The molecular weight excluding hydrogens is 331 g/mol. The minimum Gasteiger partial charge on any atom is -0.693 e. The van der Waals surface area contributed by atoms with Crippen molar-refractivity contribution < 1.29 is 34.0 Å². The molecule has 0 radical (unpaired) electrons. The van der Waals surface area contributed by atoms with Gasteiger partial charge in [-0.15, -0.1) is 0 Å². The van der Waals surface area contributed by atoms with Crippen LogP contribution in [0.15, 0.2) is 12.5 Å². The van der Waals surface area contributed by atoms with Gasteiger partial charge in [-0.25, -0.2) is 0 Å². The van der Waals surface area contributed by atoms with Gasteiger partial charge in [-0.3, -0.25) is 4.79 Å². The molecule has 11 heteroatoms. The smallest absolute Gasteiger partial charge is 0.693 e. The van der Waals surface area contributed by atoms with Crippen molar-refractivity contribution in [2.75, 3.05) is 0 Å². The van der Waals surface area contributed by atoms with Gasteiger partial charge in [0.1, 0.15) is 6.04 Å². The van der Waals surface area contributed by atoms with E-state index in [1.165, 1.54) is 12.5 Å². The Morgan fingerprint density at radius 1 is 1.44 bits per heavy atom. The molecule has 18 heavy (non-hydrogen) atoms. The van der Waals surface area contributed by atoms with Crippen molar-refractivity contribution >= 4 is 5.97 Å². The van der Waals surface area contributed by atoms with E-state index in [-0.39, 0.29) is 50.5 Å². The van der Waals surface area contributed by atoms with Gasteiger partial charge < -0.3 is 45.4 Å². The molecule has 1 unspecified atom stereocenters. The first-order valence-corrected chi connectivity index (χ1v) is 3.30. The second-order valence-corrected chi connectivity index (χ2v) is 2.16. The molecule has 0 aliphatic heterocycles. The van der Waals surface area contributed by atoms with Gasteiger partial charge in [0.05, 0.1) is 0 Å². The maximum atomic E-state index is 10.3. The van der Waals surface area contributed by atoms with Gasteiger partial charge in [-0.1, -0.05) is 18.2 Å². The van der Waals surface area contributed by atoms with E-state index in [1.807, 2.05) is 0 Å². The number of nitrogens with zero attached hydrogens (tertiary/aromatic N) is 2. The molecule has 1 heterocycles. The number of aliphatic carboxylic acids is 1. The Labute approximate surface area is 118 Å². The Kier molecular flexibility index (Phi) is 42.3. The zero-order valence-electron chi connectivity index (χ0n) is 9.34. The Bertz CT molecular complexity index is 280. The second kappa shape index (κ2) is 21.2. The summed E-state index contributed by atoms with van der Waals surface area (Å²) in [6, 6.07) is -0.883. The molecule has 0 aliphatic rings. The maximum Gasteiger partial charge on any atom is 6.00 e. The van der Waals surface area contributed by atoms with Gasteiger partial charge in [-0.05, 0) is 6.42 Å². The average molecular weight is 347 g/mol. The number of hydrogen-bond acceptors (Lipinski definition) is 3. The second-order valence-electron chi connectivity index (χ2n) is 2.16. The molecule has 1 rings (SSSR count). The molecule has 0 amide bonds. The van der Waals surface area contributed by atoms with E-state index in [1.54, 1.807) is 0 Å². The monoisotopic (exact) mass is 348 g/mol. The molecule has 1 aromatic heterocycles. The Morgan fingerprint density at radius 3 is 2.17 bits per heavy atom. The molecule has 104 valence electrons. The molecule has 0 saturated carbocycles. The minimum absolute atomic E-state index is 0. The van der Waals surface area contributed by atoms with Gasteiger partial charge >= 0.3 is 36.7 Å². The summed E-state index contributed by atoms with van der Waals surface area (Å²) < 4.78 is 7.50. The number of carbonyl (C=O) groups is 1. The number of carboxylic acid groups (broad SMARTS) is 1. The normalized spacial score (nSPS) is 7.94. The maximum absolute atomic E-state index is 10.3. The van der Waals surface area contributed by atoms with E-state index in [2.05, 4.69) is 16.6 Å². The predicted octanol–water partition coefficient (Wildman–Crippen LogP) is 1.82. The third-order valence-corrected chi connectivity index (χ3v) is 1.26. The molecule has 1 aromatic rings. The number of nitrogens with two attached hydrogens (primary N) is 5. The van der Waals surface area contributed by atoms with Crippen LogP contribution in [0.2, 0.25) is 0 Å². The molecule has 0 bridgehead atoms. The van der Waals surface area contributed by atoms with E-state index < -0.39 is 12.0 Å². The number of hydrogen-bond donors (Lipinski definition) is 2. The van der Waals surface area contributed by atoms with E-state index in [0.29, 0.717) is 5.69 Å². The van der Waals surface area contributed by atoms with Crippen LogP contribution in [-0.2, 0) is 35.3 Å². The van der Waals surface area contributed by atoms with Crippen molar-refractivity contribution in [1.82, 2.24) is 9.97 Å². The van der Waals surface area contributed by atoms with Gasteiger partial charge in [-0.2, -0.15) is 0 Å². The molecule has 0 aromatic carbocycles. The molecule has 0 saturated heterocycles. The van der Waals surface area contributed by atoms with Crippen LogP contribution >= 0.6 is 0 Å². The van der Waals surface area contributed by atoms with Crippen molar-refractivity contribution in [3.8, 4) is 0 Å². The molecular formula is C7H16N7O3Ru+. The van der Waals surface area contributed by atoms with Crippen molar-refractivity contribution in [2.45, 2.75) is 12.5 Å². The van der Waals surface area contributed by atoms with Crippen molar-refractivity contribution in [3.05, 3.63) is 49.5 Å². The zero-order valence-corrected chi connectivity index (χ0v) is 11.1. The van der Waals surface area contributed by atoms with Crippen LogP contribution in [0.25, 0.3) is 24.6 Å². The van der Waals surface area contributed by atoms with Crippen LogP contribution in [0.3, 0.4) is 0 Å². The summed E-state index contributed by atoms with van der Waals surface area (Å²) >= 11 is 0. The molecule has 10 nitrogen and oxygen atoms in total. The molecule has 0 aliphatic carbocycles. The van der Waals surface area contributed by atoms with Crippen molar-refractivity contribution in [2.24, 2.45) is 5.73 Å². The number of carboxylic acids is 1. The van der Waals surface area contributed by atoms with E-state index >= 15 is 0 Å². The third kappa shape index (κ3) is 14.8. The van der Waals surface area contributed by atoms with Crippen LogP contribution < -0.4 is 10.7 Å². The fraction of sp³-hybridized carbons (Fsp3) is 0.286. The zero-order chi connectivity index (χ0) is 10.3. The fourth-order valence-corrected chi connectivity index (χ4v) is 0.678. The molecule has 0 fully saturated rings. The molecule has 0 spiro atoms. The minimum atomic E-state index is -1.02. The summed E-state index contributed by atoms with van der Waals surface area (Å²) in [4.78, 5) is 17.7. The first-order valence-electron chi connectivity index (χ1n) is 3.30. The van der Waals surface area contributed by atoms with Crippen LogP contribution in [0.4, 0.5) is 0 Å². The number of aromatic nitrogens is 2. The topological polar surface area (TPSA) is 244 Å². The molecule has 1 atom stereocenters. The van der Waals surface area contributed by atoms with Crippen LogP contribution in [-0.4, -0.2) is 22.1 Å². The van der Waals surface area contributed by atoms with E-state index in [0.717, 1.165) is 0 Å². The van der Waals surface area contributed by atoms with Gasteiger partial charge in [0.2, 0.25) is 0 Å². The summed E-state index contributed by atoms with van der Waals surface area (Å²) in [5.41, 5.74) is 5.85. The number of imidazole rings is 1. The summed E-state index contributed by atoms with van der Waals surface area (Å²) in [7, 11) is 0. The Hall–Kier alpha value is -1.16. The Morgan fingerprint density at radius 2 is 1.89 bits per heavy atom. The first kappa shape index (κ1) is 36.0. The summed E-state index contributed by atoms with van der Waals surface area (Å²) in [6.07, 6.45) is 3.10. The van der Waals surface area contributed by atoms with Crippen LogP contribution in [0.1, 0.15) is 5.69 Å². The van der Waals surface area contributed by atoms with Crippen LogP contribution in [0.5, 0.6) is 0 Å². The summed E-state index contributed by atoms with van der Waals surface area (Å²) in [5.74, 6) is -1.02. The SMILES string of the molecule is NC(Cc1c[n-]cn1)C(=O)O.[C-]#[O+].[NH2-].[NH2-].[NH2-].[NH2-].[Ru+6]. The predicted molar refractivity (Wildman–Crippen MR) is 61.9 cm³/mol. The standard InChI is InChI=1S/C6H9N3O2.CO.4H2N.Ru/c7-5(6(10)11)1-4-2-8-3-9-4;1-2;;;;;/h2-3,5H,1,7H2,(H2,8,9,10,11);;4*1H2;/q;;4*-1;+6/p-1. The number of rotatable bonds is 3.